The van der Waals surface area contributed by atoms with Gasteiger partial charge in [0.25, 0.3) is 0 Å². The maximum absolute atomic E-state index is 11.4. The first-order valence-electron chi connectivity index (χ1n) is 7.34. The summed E-state index contributed by atoms with van der Waals surface area (Å²) >= 11 is 0. The number of unbranched alkanes of at least 4 members (excludes halogenated alkanes) is 8. The monoisotopic (exact) mass is 272 g/mol. The standard InChI is InChI=1S/C14H28N2O3/c1-2-3-4-5-6-7-8-9-10-11-13(17)16(15)12-14(18)19/h2-12,15H2,1H3,(H,18,19). The summed E-state index contributed by atoms with van der Waals surface area (Å²) in [7, 11) is 0. The van der Waals surface area contributed by atoms with E-state index in [9.17, 15) is 9.59 Å². The van der Waals surface area contributed by atoms with Crippen molar-refractivity contribution < 1.29 is 14.7 Å². The van der Waals surface area contributed by atoms with E-state index in [2.05, 4.69) is 6.92 Å². The van der Waals surface area contributed by atoms with Gasteiger partial charge >= 0.3 is 5.97 Å². The maximum Gasteiger partial charge on any atom is 0.324 e. The van der Waals surface area contributed by atoms with E-state index in [1.165, 1.54) is 38.5 Å². The molecule has 0 aromatic carbocycles. The van der Waals surface area contributed by atoms with Crippen LogP contribution in [-0.2, 0) is 9.59 Å². The molecule has 0 unspecified atom stereocenters. The van der Waals surface area contributed by atoms with Crippen LogP contribution in [0.3, 0.4) is 0 Å². The van der Waals surface area contributed by atoms with Gasteiger partial charge in [-0.05, 0) is 6.42 Å². The van der Waals surface area contributed by atoms with Gasteiger partial charge in [0.15, 0.2) is 0 Å². The van der Waals surface area contributed by atoms with Gasteiger partial charge in [-0.25, -0.2) is 5.84 Å². The Kier molecular flexibility index (Phi) is 11.3. The molecule has 0 aromatic rings. The van der Waals surface area contributed by atoms with Crippen LogP contribution >= 0.6 is 0 Å². The molecule has 0 rings (SSSR count). The van der Waals surface area contributed by atoms with Crippen LogP contribution in [0.5, 0.6) is 0 Å². The lowest BCUT2D eigenvalue weighted by atomic mass is 10.1. The number of hydrogen-bond acceptors (Lipinski definition) is 3. The Hall–Kier alpha value is -1.10. The summed E-state index contributed by atoms with van der Waals surface area (Å²) in [5.41, 5.74) is 0. The van der Waals surface area contributed by atoms with Crippen molar-refractivity contribution >= 4 is 11.9 Å². The van der Waals surface area contributed by atoms with E-state index < -0.39 is 12.5 Å². The summed E-state index contributed by atoms with van der Waals surface area (Å²) in [6.07, 6.45) is 11.0. The quantitative estimate of drug-likeness (QED) is 0.247. The van der Waals surface area contributed by atoms with Gasteiger partial charge in [0.2, 0.25) is 5.91 Å². The van der Waals surface area contributed by atoms with Crippen LogP contribution < -0.4 is 5.84 Å². The van der Waals surface area contributed by atoms with E-state index in [-0.39, 0.29) is 5.91 Å². The second-order valence-corrected chi connectivity index (χ2v) is 4.99. The van der Waals surface area contributed by atoms with Gasteiger partial charge < -0.3 is 5.11 Å². The average molecular weight is 272 g/mol. The Balaban J connectivity index is 3.34. The Labute approximate surface area is 116 Å². The first-order valence-corrected chi connectivity index (χ1v) is 7.34. The van der Waals surface area contributed by atoms with Crippen LogP contribution in [-0.4, -0.2) is 28.5 Å². The summed E-state index contributed by atoms with van der Waals surface area (Å²) in [4.78, 5) is 21.8. The highest BCUT2D eigenvalue weighted by molar-refractivity contribution is 5.80. The maximum atomic E-state index is 11.4. The van der Waals surface area contributed by atoms with Gasteiger partial charge in [-0.15, -0.1) is 0 Å². The van der Waals surface area contributed by atoms with E-state index in [4.69, 9.17) is 10.9 Å². The second-order valence-electron chi connectivity index (χ2n) is 4.99. The van der Waals surface area contributed by atoms with Crippen molar-refractivity contribution in [3.8, 4) is 0 Å². The van der Waals surface area contributed by atoms with Crippen molar-refractivity contribution in [1.29, 1.82) is 0 Å². The van der Waals surface area contributed by atoms with Crippen LogP contribution in [0.15, 0.2) is 0 Å². The smallest absolute Gasteiger partial charge is 0.324 e. The summed E-state index contributed by atoms with van der Waals surface area (Å²) in [5.74, 6) is 3.96. The van der Waals surface area contributed by atoms with Crippen LogP contribution in [0.1, 0.15) is 71.1 Å². The molecule has 0 aliphatic rings. The lowest BCUT2D eigenvalue weighted by Gasteiger charge is -2.13. The third kappa shape index (κ3) is 11.7. The lowest BCUT2D eigenvalue weighted by molar-refractivity contribution is -0.144. The fourth-order valence-corrected chi connectivity index (χ4v) is 1.96. The van der Waals surface area contributed by atoms with Crippen LogP contribution in [0.4, 0.5) is 0 Å². The minimum Gasteiger partial charge on any atom is -0.480 e. The SMILES string of the molecule is CCCCCCCCCCCC(=O)N(N)CC(=O)O. The Bertz CT molecular complexity index is 257. The van der Waals surface area contributed by atoms with Crippen molar-refractivity contribution in [1.82, 2.24) is 5.01 Å². The highest BCUT2D eigenvalue weighted by Crippen LogP contribution is 2.10. The van der Waals surface area contributed by atoms with Crippen LogP contribution in [0.25, 0.3) is 0 Å². The third-order valence-corrected chi connectivity index (χ3v) is 3.12. The lowest BCUT2D eigenvalue weighted by Crippen LogP contribution is -2.41. The summed E-state index contributed by atoms with van der Waals surface area (Å²) in [6.45, 7) is 1.79. The number of carbonyl (C=O) groups is 2. The van der Waals surface area contributed by atoms with Crippen LogP contribution in [0.2, 0.25) is 0 Å². The molecule has 112 valence electrons. The minimum atomic E-state index is -1.08. The number of aliphatic carboxylic acids is 1. The number of carbonyl (C=O) groups excluding carboxylic acids is 1. The summed E-state index contributed by atoms with van der Waals surface area (Å²) in [5, 5.41) is 9.27. The number of nitrogens with two attached hydrogens (primary N) is 1. The van der Waals surface area contributed by atoms with Gasteiger partial charge in [0.05, 0.1) is 0 Å². The van der Waals surface area contributed by atoms with Crippen molar-refractivity contribution in [2.45, 2.75) is 71.1 Å². The molecule has 0 heterocycles. The first kappa shape index (κ1) is 17.9. The molecular weight excluding hydrogens is 244 g/mol. The Morgan fingerprint density at radius 1 is 0.947 bits per heavy atom. The molecule has 0 saturated carbocycles. The number of hydrogen-bond donors (Lipinski definition) is 2. The predicted octanol–water partition coefficient (Wildman–Crippen LogP) is 2.69. The molecule has 3 N–H and O–H groups in total. The highest BCUT2D eigenvalue weighted by atomic mass is 16.4. The number of hydrazine groups is 1. The van der Waals surface area contributed by atoms with Crippen molar-refractivity contribution in [2.75, 3.05) is 6.54 Å². The number of carboxylic acid groups (broad SMARTS) is 1. The van der Waals surface area contributed by atoms with Gasteiger partial charge in [0.1, 0.15) is 6.54 Å². The topological polar surface area (TPSA) is 83.6 Å². The molecule has 0 fully saturated rings. The Morgan fingerprint density at radius 2 is 1.42 bits per heavy atom. The van der Waals surface area contributed by atoms with Gasteiger partial charge in [0, 0.05) is 6.42 Å². The first-order chi connectivity index (χ1) is 9.07. The number of carboxylic acids is 1. The van der Waals surface area contributed by atoms with Crippen molar-refractivity contribution in [3.63, 3.8) is 0 Å². The zero-order valence-electron chi connectivity index (χ0n) is 12.1. The zero-order chi connectivity index (χ0) is 14.5. The predicted molar refractivity (Wildman–Crippen MR) is 75.4 cm³/mol. The molecule has 0 aromatic heterocycles. The zero-order valence-corrected chi connectivity index (χ0v) is 12.1. The van der Waals surface area contributed by atoms with E-state index in [1.54, 1.807) is 0 Å². The molecule has 5 heteroatoms. The molecule has 0 radical (unpaired) electrons. The molecule has 1 amide bonds. The minimum absolute atomic E-state index is 0.287. The third-order valence-electron chi connectivity index (χ3n) is 3.12. The second kappa shape index (κ2) is 12.0. The van der Waals surface area contributed by atoms with E-state index in [0.29, 0.717) is 6.42 Å². The van der Waals surface area contributed by atoms with Crippen molar-refractivity contribution in [2.24, 2.45) is 5.84 Å². The average Bonchev–Trinajstić information content (AvgIpc) is 2.35. The number of rotatable bonds is 12. The van der Waals surface area contributed by atoms with E-state index in [0.717, 1.165) is 24.3 Å². The normalized spacial score (nSPS) is 10.4. The fourth-order valence-electron chi connectivity index (χ4n) is 1.96. The van der Waals surface area contributed by atoms with Gasteiger partial charge in [-0.3, -0.25) is 14.6 Å². The summed E-state index contributed by atoms with van der Waals surface area (Å²) < 4.78 is 0. The van der Waals surface area contributed by atoms with Gasteiger partial charge in [-0.2, -0.15) is 0 Å². The van der Waals surface area contributed by atoms with Crippen molar-refractivity contribution in [3.05, 3.63) is 0 Å². The fraction of sp³-hybridized carbons (Fsp3) is 0.857. The molecular formula is C14H28N2O3. The molecule has 0 saturated heterocycles. The summed E-state index contributed by atoms with van der Waals surface area (Å²) in [6, 6.07) is 0. The molecule has 0 spiro atoms. The number of amides is 1. The Morgan fingerprint density at radius 3 is 1.89 bits per heavy atom. The molecule has 0 aliphatic carbocycles. The number of nitrogens with zero attached hydrogens (tertiary/aromatic N) is 1. The molecule has 19 heavy (non-hydrogen) atoms. The molecule has 5 nitrogen and oxygen atoms in total. The molecule has 0 aliphatic heterocycles. The van der Waals surface area contributed by atoms with Gasteiger partial charge in [-0.1, -0.05) is 58.3 Å². The van der Waals surface area contributed by atoms with Crippen LogP contribution in [0, 0.1) is 0 Å². The van der Waals surface area contributed by atoms with E-state index in [1.807, 2.05) is 0 Å². The van der Waals surface area contributed by atoms with E-state index >= 15 is 0 Å². The highest BCUT2D eigenvalue weighted by Gasteiger charge is 2.11. The molecule has 0 bridgehead atoms. The largest absolute Gasteiger partial charge is 0.480 e. The molecule has 0 atom stereocenters.